The Hall–Kier alpha value is -0.860. The molecule has 1 saturated heterocycles. The van der Waals surface area contributed by atoms with Gasteiger partial charge in [-0.25, -0.2) is 0 Å². The molecule has 1 aliphatic heterocycles. The summed E-state index contributed by atoms with van der Waals surface area (Å²) in [5.41, 5.74) is 2.58. The number of hydrogen-bond acceptors (Lipinski definition) is 3. The maximum atomic E-state index is 5.86. The highest BCUT2D eigenvalue weighted by Crippen LogP contribution is 2.10. The van der Waals surface area contributed by atoms with Crippen molar-refractivity contribution in [1.82, 2.24) is 10.6 Å². The van der Waals surface area contributed by atoms with E-state index >= 15 is 0 Å². The van der Waals surface area contributed by atoms with Gasteiger partial charge in [-0.1, -0.05) is 24.3 Å². The van der Waals surface area contributed by atoms with Crippen LogP contribution in [0.4, 0.5) is 0 Å². The summed E-state index contributed by atoms with van der Waals surface area (Å²) in [5, 5.41) is 6.68. The molecule has 0 spiro atoms. The summed E-state index contributed by atoms with van der Waals surface area (Å²) in [4.78, 5) is 4.26. The molecule has 1 aromatic rings. The van der Waals surface area contributed by atoms with Crippen LogP contribution in [-0.4, -0.2) is 45.5 Å². The Kier molecular flexibility index (Phi) is 11.0. The first-order valence-corrected chi connectivity index (χ1v) is 8.48. The van der Waals surface area contributed by atoms with Gasteiger partial charge in [0.15, 0.2) is 5.96 Å². The van der Waals surface area contributed by atoms with E-state index in [-0.39, 0.29) is 24.0 Å². The lowest BCUT2D eigenvalue weighted by atomic mass is 10.1. The molecule has 0 radical (unpaired) electrons. The van der Waals surface area contributed by atoms with Gasteiger partial charge in [-0.2, -0.15) is 0 Å². The van der Waals surface area contributed by atoms with Crippen molar-refractivity contribution in [3.63, 3.8) is 0 Å². The molecule has 0 aliphatic carbocycles. The van der Waals surface area contributed by atoms with Crippen molar-refractivity contribution in [1.29, 1.82) is 0 Å². The topological polar surface area (TPSA) is 54.9 Å². The van der Waals surface area contributed by atoms with E-state index in [0.717, 1.165) is 58.1 Å². The van der Waals surface area contributed by atoms with Crippen molar-refractivity contribution < 1.29 is 9.47 Å². The number of guanidine groups is 1. The number of aryl methyl sites for hydroxylation is 1. The molecule has 5 nitrogen and oxygen atoms in total. The fraction of sp³-hybridized carbons (Fsp3) is 0.611. The average Bonchev–Trinajstić information content (AvgIpc) is 2.59. The van der Waals surface area contributed by atoms with Gasteiger partial charge in [0, 0.05) is 40.0 Å². The van der Waals surface area contributed by atoms with E-state index in [1.165, 1.54) is 11.1 Å². The summed E-state index contributed by atoms with van der Waals surface area (Å²) in [7, 11) is 1.80. The van der Waals surface area contributed by atoms with Gasteiger partial charge in [-0.3, -0.25) is 4.99 Å². The second-order valence-corrected chi connectivity index (χ2v) is 5.82. The maximum Gasteiger partial charge on any atom is 0.191 e. The number of benzene rings is 1. The van der Waals surface area contributed by atoms with E-state index in [2.05, 4.69) is 46.8 Å². The van der Waals surface area contributed by atoms with Crippen LogP contribution >= 0.6 is 24.0 Å². The molecule has 1 aliphatic rings. The second-order valence-electron chi connectivity index (χ2n) is 5.82. The summed E-state index contributed by atoms with van der Waals surface area (Å²) in [5.74, 6) is 0.833. The van der Waals surface area contributed by atoms with Gasteiger partial charge in [-0.05, 0) is 37.3 Å². The fourth-order valence-electron chi connectivity index (χ4n) is 2.58. The third-order valence-corrected chi connectivity index (χ3v) is 4.07. The highest BCUT2D eigenvalue weighted by atomic mass is 127. The SMILES string of the molecule is CN=C(NCCCOC1CCOCC1)NCc1ccccc1C.I. The van der Waals surface area contributed by atoms with Crippen molar-refractivity contribution >= 4 is 29.9 Å². The number of nitrogens with zero attached hydrogens (tertiary/aromatic N) is 1. The van der Waals surface area contributed by atoms with Crippen LogP contribution in [0.3, 0.4) is 0 Å². The van der Waals surface area contributed by atoms with E-state index in [1.807, 2.05) is 0 Å². The van der Waals surface area contributed by atoms with Gasteiger partial charge in [0.25, 0.3) is 0 Å². The summed E-state index contributed by atoms with van der Waals surface area (Å²) >= 11 is 0. The van der Waals surface area contributed by atoms with Crippen LogP contribution < -0.4 is 10.6 Å². The van der Waals surface area contributed by atoms with Crippen LogP contribution in [0.25, 0.3) is 0 Å². The standard InChI is InChI=1S/C18H29N3O2.HI/c1-15-6-3-4-7-16(15)14-21-18(19-2)20-10-5-11-23-17-8-12-22-13-9-17;/h3-4,6-7,17H,5,8-14H2,1-2H3,(H2,19,20,21);1H. The second kappa shape index (κ2) is 12.5. The molecule has 2 rings (SSSR count). The minimum Gasteiger partial charge on any atom is -0.381 e. The van der Waals surface area contributed by atoms with Crippen molar-refractivity contribution in [3.8, 4) is 0 Å². The third-order valence-electron chi connectivity index (χ3n) is 4.07. The van der Waals surface area contributed by atoms with Gasteiger partial charge < -0.3 is 20.1 Å². The lowest BCUT2D eigenvalue weighted by Crippen LogP contribution is -2.37. The Balaban J connectivity index is 0.00000288. The summed E-state index contributed by atoms with van der Waals surface area (Å²) in [6.07, 6.45) is 3.39. The fourth-order valence-corrected chi connectivity index (χ4v) is 2.58. The first-order chi connectivity index (χ1) is 11.3. The van der Waals surface area contributed by atoms with Gasteiger partial charge in [0.2, 0.25) is 0 Å². The minimum absolute atomic E-state index is 0. The molecule has 1 aromatic carbocycles. The summed E-state index contributed by atoms with van der Waals surface area (Å²) < 4.78 is 11.2. The molecule has 24 heavy (non-hydrogen) atoms. The molecule has 1 fully saturated rings. The molecule has 0 unspecified atom stereocenters. The van der Waals surface area contributed by atoms with E-state index < -0.39 is 0 Å². The number of nitrogens with one attached hydrogen (secondary N) is 2. The molecule has 0 amide bonds. The largest absolute Gasteiger partial charge is 0.381 e. The normalized spacial score (nSPS) is 15.7. The number of halogens is 1. The maximum absolute atomic E-state index is 5.86. The van der Waals surface area contributed by atoms with Crippen molar-refractivity contribution in [2.75, 3.05) is 33.4 Å². The van der Waals surface area contributed by atoms with Gasteiger partial charge in [-0.15, -0.1) is 24.0 Å². The zero-order valence-corrected chi connectivity index (χ0v) is 17.0. The molecule has 1 heterocycles. The van der Waals surface area contributed by atoms with E-state index in [1.54, 1.807) is 7.05 Å². The molecular weight excluding hydrogens is 417 g/mol. The lowest BCUT2D eigenvalue weighted by Gasteiger charge is -2.22. The van der Waals surface area contributed by atoms with Crippen LogP contribution in [0.15, 0.2) is 29.3 Å². The number of rotatable bonds is 7. The Labute approximate surface area is 162 Å². The van der Waals surface area contributed by atoms with Crippen LogP contribution in [0.5, 0.6) is 0 Å². The van der Waals surface area contributed by atoms with E-state index in [0.29, 0.717) is 6.10 Å². The smallest absolute Gasteiger partial charge is 0.191 e. The van der Waals surface area contributed by atoms with E-state index in [4.69, 9.17) is 9.47 Å². The van der Waals surface area contributed by atoms with Crippen LogP contribution in [0.1, 0.15) is 30.4 Å². The predicted octanol–water partition coefficient (Wildman–Crippen LogP) is 2.86. The van der Waals surface area contributed by atoms with Gasteiger partial charge in [0.1, 0.15) is 0 Å². The average molecular weight is 447 g/mol. The van der Waals surface area contributed by atoms with Crippen molar-refractivity contribution in [2.45, 2.75) is 38.8 Å². The molecular formula is C18H30IN3O2. The molecule has 0 bridgehead atoms. The summed E-state index contributed by atoms with van der Waals surface area (Å²) in [6.45, 7) is 6.21. The Morgan fingerprint density at radius 1 is 1.25 bits per heavy atom. The molecule has 0 aromatic heterocycles. The molecule has 0 atom stereocenters. The zero-order valence-electron chi connectivity index (χ0n) is 14.7. The Morgan fingerprint density at radius 3 is 2.71 bits per heavy atom. The highest BCUT2D eigenvalue weighted by Gasteiger charge is 2.13. The van der Waals surface area contributed by atoms with Crippen molar-refractivity contribution in [3.05, 3.63) is 35.4 Å². The zero-order chi connectivity index (χ0) is 16.3. The third kappa shape index (κ3) is 7.81. The van der Waals surface area contributed by atoms with E-state index in [9.17, 15) is 0 Å². The predicted molar refractivity (Wildman–Crippen MR) is 109 cm³/mol. The van der Waals surface area contributed by atoms with Crippen LogP contribution in [0, 0.1) is 6.92 Å². The number of aliphatic imine (C=N–C) groups is 1. The summed E-state index contributed by atoms with van der Waals surface area (Å²) in [6, 6.07) is 8.39. The molecule has 2 N–H and O–H groups in total. The van der Waals surface area contributed by atoms with Crippen LogP contribution in [-0.2, 0) is 16.0 Å². The lowest BCUT2D eigenvalue weighted by molar-refractivity contribution is -0.0320. The first kappa shape index (κ1) is 21.2. The highest BCUT2D eigenvalue weighted by molar-refractivity contribution is 14.0. The Bertz CT molecular complexity index is 491. The Morgan fingerprint density at radius 2 is 2.00 bits per heavy atom. The molecule has 6 heteroatoms. The van der Waals surface area contributed by atoms with Crippen LogP contribution in [0.2, 0.25) is 0 Å². The number of ether oxygens (including phenoxy) is 2. The quantitative estimate of drug-likeness (QED) is 0.292. The molecule has 136 valence electrons. The molecule has 0 saturated carbocycles. The van der Waals surface area contributed by atoms with Gasteiger partial charge >= 0.3 is 0 Å². The monoisotopic (exact) mass is 447 g/mol. The van der Waals surface area contributed by atoms with Crippen molar-refractivity contribution in [2.24, 2.45) is 4.99 Å². The minimum atomic E-state index is 0. The first-order valence-electron chi connectivity index (χ1n) is 8.48. The van der Waals surface area contributed by atoms with Gasteiger partial charge in [0.05, 0.1) is 6.10 Å². The number of hydrogen-bond donors (Lipinski definition) is 2.